The van der Waals surface area contributed by atoms with E-state index in [0.29, 0.717) is 0 Å². The summed E-state index contributed by atoms with van der Waals surface area (Å²) < 4.78 is 0. The van der Waals surface area contributed by atoms with Crippen molar-refractivity contribution in [2.75, 3.05) is 14.1 Å². The predicted octanol–water partition coefficient (Wildman–Crippen LogP) is 2.69. The van der Waals surface area contributed by atoms with Crippen LogP contribution in [0.3, 0.4) is 0 Å². The van der Waals surface area contributed by atoms with Gasteiger partial charge in [0.2, 0.25) is 0 Å². The molecule has 1 aromatic carbocycles. The van der Waals surface area contributed by atoms with Crippen molar-refractivity contribution in [3.05, 3.63) is 48.3 Å². The summed E-state index contributed by atoms with van der Waals surface area (Å²) >= 11 is 0. The van der Waals surface area contributed by atoms with E-state index in [1.165, 1.54) is 11.1 Å². The number of hydrogen-bond donors (Lipinski definition) is 1. The number of nitrogens with one attached hydrogen (secondary N) is 1. The van der Waals surface area contributed by atoms with Crippen LogP contribution < -0.4 is 0 Å². The van der Waals surface area contributed by atoms with Gasteiger partial charge in [-0.3, -0.25) is 4.98 Å². The third kappa shape index (κ3) is 2.22. The zero-order valence-electron chi connectivity index (χ0n) is 11.1. The Morgan fingerprint density at radius 2 is 1.79 bits per heavy atom. The van der Waals surface area contributed by atoms with Gasteiger partial charge in [-0.2, -0.15) is 0 Å². The monoisotopic (exact) mass is 252 g/mol. The smallest absolute Gasteiger partial charge is 0.156 e. The Morgan fingerprint density at radius 3 is 2.53 bits per heavy atom. The van der Waals surface area contributed by atoms with E-state index in [0.717, 1.165) is 23.4 Å². The molecule has 0 spiro atoms. The zero-order chi connectivity index (χ0) is 13.2. The maximum Gasteiger partial charge on any atom is 0.156 e. The van der Waals surface area contributed by atoms with E-state index in [4.69, 9.17) is 0 Å². The number of hydrogen-bond acceptors (Lipinski definition) is 3. The van der Waals surface area contributed by atoms with E-state index in [1.807, 2.05) is 18.2 Å². The second-order valence-corrected chi connectivity index (χ2v) is 4.84. The van der Waals surface area contributed by atoms with Crippen LogP contribution >= 0.6 is 0 Å². The molecule has 0 radical (unpaired) electrons. The van der Waals surface area contributed by atoms with Crippen molar-refractivity contribution in [1.29, 1.82) is 0 Å². The molecule has 0 amide bonds. The minimum absolute atomic E-state index is 0.836. The van der Waals surface area contributed by atoms with Gasteiger partial charge in [0.15, 0.2) is 5.65 Å². The normalized spacial score (nSPS) is 11.3. The highest BCUT2D eigenvalue weighted by atomic mass is 15.1. The molecular formula is C15H16N4. The Labute approximate surface area is 112 Å². The third-order valence-electron chi connectivity index (χ3n) is 3.07. The second kappa shape index (κ2) is 4.82. The van der Waals surface area contributed by atoms with Crippen LogP contribution in [0.4, 0.5) is 0 Å². The van der Waals surface area contributed by atoms with E-state index in [2.05, 4.69) is 46.1 Å². The molecule has 3 aromatic rings. The number of aromatic amines is 1. The average Bonchev–Trinajstić information content (AvgIpc) is 2.78. The summed E-state index contributed by atoms with van der Waals surface area (Å²) in [4.78, 5) is 14.3. The van der Waals surface area contributed by atoms with E-state index in [9.17, 15) is 0 Å². The highest BCUT2D eigenvalue weighted by molar-refractivity contribution is 5.85. The van der Waals surface area contributed by atoms with E-state index in [-0.39, 0.29) is 0 Å². The van der Waals surface area contributed by atoms with Crippen molar-refractivity contribution in [3.8, 4) is 11.3 Å². The fourth-order valence-electron chi connectivity index (χ4n) is 2.28. The first-order chi connectivity index (χ1) is 9.25. The van der Waals surface area contributed by atoms with Crippen LogP contribution in [0, 0.1) is 0 Å². The van der Waals surface area contributed by atoms with Crippen LogP contribution in [0.25, 0.3) is 22.4 Å². The lowest BCUT2D eigenvalue weighted by atomic mass is 10.1. The summed E-state index contributed by atoms with van der Waals surface area (Å²) in [5.74, 6) is 0. The SMILES string of the molecule is CN(C)Cc1c(-c2ccccc2)[nH]c2nccnc12. The van der Waals surface area contributed by atoms with E-state index in [1.54, 1.807) is 12.4 Å². The molecule has 2 aromatic heterocycles. The molecule has 4 heteroatoms. The molecule has 0 aliphatic rings. The first-order valence-corrected chi connectivity index (χ1v) is 6.27. The second-order valence-electron chi connectivity index (χ2n) is 4.84. The highest BCUT2D eigenvalue weighted by Crippen LogP contribution is 2.28. The molecule has 2 heterocycles. The summed E-state index contributed by atoms with van der Waals surface area (Å²) in [6.07, 6.45) is 3.46. The van der Waals surface area contributed by atoms with Gasteiger partial charge in [0, 0.05) is 24.5 Å². The Bertz CT molecular complexity index is 686. The van der Waals surface area contributed by atoms with Gasteiger partial charge in [-0.25, -0.2) is 4.98 Å². The summed E-state index contributed by atoms with van der Waals surface area (Å²) in [7, 11) is 4.12. The van der Waals surface area contributed by atoms with Crippen LogP contribution in [0.15, 0.2) is 42.7 Å². The van der Waals surface area contributed by atoms with Crippen LogP contribution in [0.1, 0.15) is 5.56 Å². The lowest BCUT2D eigenvalue weighted by Crippen LogP contribution is -2.11. The first kappa shape index (κ1) is 11.9. The fourth-order valence-corrected chi connectivity index (χ4v) is 2.28. The topological polar surface area (TPSA) is 44.8 Å². The number of H-pyrrole nitrogens is 1. The minimum atomic E-state index is 0.836. The van der Waals surface area contributed by atoms with Gasteiger partial charge in [0.1, 0.15) is 5.52 Å². The summed E-state index contributed by atoms with van der Waals surface area (Å²) in [5, 5.41) is 0. The maximum atomic E-state index is 4.46. The van der Waals surface area contributed by atoms with Gasteiger partial charge in [0.05, 0.1) is 5.69 Å². The standard InChI is InChI=1S/C15H16N4/c1-19(2)10-12-13(11-6-4-3-5-7-11)18-15-14(12)16-8-9-17-15/h3-9H,10H2,1-2H3,(H,17,18). The molecule has 0 unspecified atom stereocenters. The van der Waals surface area contributed by atoms with Crippen molar-refractivity contribution in [1.82, 2.24) is 19.9 Å². The Kier molecular flexibility index (Phi) is 3.01. The van der Waals surface area contributed by atoms with Crippen LogP contribution in [-0.2, 0) is 6.54 Å². The van der Waals surface area contributed by atoms with Crippen LogP contribution in [0.2, 0.25) is 0 Å². The quantitative estimate of drug-likeness (QED) is 0.779. The average molecular weight is 252 g/mol. The molecule has 96 valence electrons. The Morgan fingerprint density at radius 1 is 1.05 bits per heavy atom. The molecule has 0 aliphatic heterocycles. The molecule has 0 bridgehead atoms. The summed E-state index contributed by atoms with van der Waals surface area (Å²) in [6.45, 7) is 0.836. The largest absolute Gasteiger partial charge is 0.338 e. The molecular weight excluding hydrogens is 236 g/mol. The molecule has 0 aliphatic carbocycles. The van der Waals surface area contributed by atoms with E-state index < -0.39 is 0 Å². The van der Waals surface area contributed by atoms with Crippen LogP contribution in [0.5, 0.6) is 0 Å². The fraction of sp³-hybridized carbons (Fsp3) is 0.200. The van der Waals surface area contributed by atoms with Crippen molar-refractivity contribution in [3.63, 3.8) is 0 Å². The maximum absolute atomic E-state index is 4.46. The lowest BCUT2D eigenvalue weighted by molar-refractivity contribution is 0.404. The number of nitrogens with zero attached hydrogens (tertiary/aromatic N) is 3. The molecule has 0 atom stereocenters. The van der Waals surface area contributed by atoms with Crippen molar-refractivity contribution < 1.29 is 0 Å². The van der Waals surface area contributed by atoms with Gasteiger partial charge >= 0.3 is 0 Å². The third-order valence-corrected chi connectivity index (χ3v) is 3.07. The number of benzene rings is 1. The molecule has 0 saturated carbocycles. The molecule has 4 nitrogen and oxygen atoms in total. The van der Waals surface area contributed by atoms with Gasteiger partial charge in [-0.05, 0) is 19.7 Å². The van der Waals surface area contributed by atoms with Crippen molar-refractivity contribution in [2.45, 2.75) is 6.54 Å². The lowest BCUT2D eigenvalue weighted by Gasteiger charge is -2.10. The molecule has 0 saturated heterocycles. The van der Waals surface area contributed by atoms with E-state index >= 15 is 0 Å². The highest BCUT2D eigenvalue weighted by Gasteiger charge is 2.15. The predicted molar refractivity (Wildman–Crippen MR) is 76.7 cm³/mol. The first-order valence-electron chi connectivity index (χ1n) is 6.27. The Hall–Kier alpha value is -2.20. The van der Waals surface area contributed by atoms with Gasteiger partial charge in [-0.1, -0.05) is 30.3 Å². The van der Waals surface area contributed by atoms with Gasteiger partial charge in [-0.15, -0.1) is 0 Å². The molecule has 3 rings (SSSR count). The van der Waals surface area contributed by atoms with Gasteiger partial charge < -0.3 is 9.88 Å². The Balaban J connectivity index is 2.23. The number of fused-ring (bicyclic) bond motifs is 1. The number of rotatable bonds is 3. The van der Waals surface area contributed by atoms with Crippen LogP contribution in [-0.4, -0.2) is 33.9 Å². The minimum Gasteiger partial charge on any atom is -0.338 e. The van der Waals surface area contributed by atoms with Gasteiger partial charge in [0.25, 0.3) is 0 Å². The summed E-state index contributed by atoms with van der Waals surface area (Å²) in [6, 6.07) is 10.3. The zero-order valence-corrected chi connectivity index (χ0v) is 11.1. The summed E-state index contributed by atoms with van der Waals surface area (Å²) in [5.41, 5.74) is 5.27. The molecule has 1 N–H and O–H groups in total. The molecule has 0 fully saturated rings. The number of aromatic nitrogens is 3. The molecule has 19 heavy (non-hydrogen) atoms. The van der Waals surface area contributed by atoms with Crippen molar-refractivity contribution in [2.24, 2.45) is 0 Å². The van der Waals surface area contributed by atoms with Crippen molar-refractivity contribution >= 4 is 11.2 Å².